The first-order valence-electron chi connectivity index (χ1n) is 8.52. The lowest BCUT2D eigenvalue weighted by molar-refractivity contribution is -0.142. The monoisotopic (exact) mass is 350 g/mol. The van der Waals surface area contributed by atoms with Gasteiger partial charge in [-0.05, 0) is 30.5 Å². The number of piperidine rings is 1. The van der Waals surface area contributed by atoms with Gasteiger partial charge in [-0.15, -0.1) is 0 Å². The fourth-order valence-electron chi connectivity index (χ4n) is 3.33. The number of hydrogen-bond donors (Lipinski definition) is 0. The summed E-state index contributed by atoms with van der Waals surface area (Å²) in [6, 6.07) is 6.47. The SMILES string of the molecule is O=C1CC[C@@H](C(=O)N2CCSCC2)CN1CCc1cccc(F)c1. The Morgan fingerprint density at radius 3 is 2.83 bits per heavy atom. The van der Waals surface area contributed by atoms with Crippen LogP contribution in [0.3, 0.4) is 0 Å². The molecule has 0 spiro atoms. The summed E-state index contributed by atoms with van der Waals surface area (Å²) >= 11 is 1.88. The Bertz CT molecular complexity index is 604. The van der Waals surface area contributed by atoms with E-state index in [0.717, 1.165) is 30.2 Å². The van der Waals surface area contributed by atoms with Gasteiger partial charge in [-0.1, -0.05) is 12.1 Å². The Balaban J connectivity index is 1.56. The van der Waals surface area contributed by atoms with Gasteiger partial charge in [-0.2, -0.15) is 11.8 Å². The second-order valence-electron chi connectivity index (χ2n) is 6.39. The molecule has 2 aliphatic rings. The van der Waals surface area contributed by atoms with Crippen LogP contribution in [0.1, 0.15) is 18.4 Å². The summed E-state index contributed by atoms with van der Waals surface area (Å²) < 4.78 is 13.3. The molecule has 24 heavy (non-hydrogen) atoms. The van der Waals surface area contributed by atoms with Crippen molar-refractivity contribution in [2.24, 2.45) is 5.92 Å². The van der Waals surface area contributed by atoms with Crippen molar-refractivity contribution in [2.45, 2.75) is 19.3 Å². The van der Waals surface area contributed by atoms with E-state index in [2.05, 4.69) is 0 Å². The summed E-state index contributed by atoms with van der Waals surface area (Å²) in [4.78, 5) is 28.5. The average Bonchev–Trinajstić information content (AvgIpc) is 2.61. The Morgan fingerprint density at radius 1 is 1.29 bits per heavy atom. The van der Waals surface area contributed by atoms with Crippen LogP contribution in [0.4, 0.5) is 4.39 Å². The fourth-order valence-corrected chi connectivity index (χ4v) is 4.23. The third-order valence-electron chi connectivity index (χ3n) is 4.73. The quantitative estimate of drug-likeness (QED) is 0.836. The van der Waals surface area contributed by atoms with Crippen LogP contribution in [0, 0.1) is 11.7 Å². The summed E-state index contributed by atoms with van der Waals surface area (Å²) in [5.41, 5.74) is 0.879. The van der Waals surface area contributed by atoms with E-state index >= 15 is 0 Å². The first-order chi connectivity index (χ1) is 11.6. The maximum Gasteiger partial charge on any atom is 0.227 e. The topological polar surface area (TPSA) is 40.6 Å². The molecule has 0 saturated carbocycles. The molecule has 1 aromatic carbocycles. The molecule has 2 heterocycles. The highest BCUT2D eigenvalue weighted by Gasteiger charge is 2.32. The minimum absolute atomic E-state index is 0.0849. The lowest BCUT2D eigenvalue weighted by Crippen LogP contribution is -2.49. The van der Waals surface area contributed by atoms with Gasteiger partial charge in [0.25, 0.3) is 0 Å². The summed E-state index contributed by atoms with van der Waals surface area (Å²) in [6.07, 6.45) is 1.70. The molecule has 0 radical (unpaired) electrons. The zero-order valence-corrected chi connectivity index (χ0v) is 14.6. The Labute approximate surface area is 146 Å². The van der Waals surface area contributed by atoms with Crippen LogP contribution in [-0.2, 0) is 16.0 Å². The number of nitrogens with zero attached hydrogens (tertiary/aromatic N) is 2. The van der Waals surface area contributed by atoms with Crippen molar-refractivity contribution >= 4 is 23.6 Å². The van der Waals surface area contributed by atoms with Crippen LogP contribution in [-0.4, -0.2) is 59.3 Å². The van der Waals surface area contributed by atoms with Gasteiger partial charge < -0.3 is 9.80 Å². The number of carbonyl (C=O) groups excluding carboxylic acids is 2. The van der Waals surface area contributed by atoms with Crippen LogP contribution >= 0.6 is 11.8 Å². The largest absolute Gasteiger partial charge is 0.342 e. The van der Waals surface area contributed by atoms with Gasteiger partial charge in [-0.25, -0.2) is 4.39 Å². The van der Waals surface area contributed by atoms with Crippen LogP contribution < -0.4 is 0 Å². The lowest BCUT2D eigenvalue weighted by Gasteiger charge is -2.36. The first-order valence-corrected chi connectivity index (χ1v) is 9.68. The van der Waals surface area contributed by atoms with Crippen LogP contribution in [0.5, 0.6) is 0 Å². The van der Waals surface area contributed by atoms with E-state index in [1.54, 1.807) is 11.0 Å². The van der Waals surface area contributed by atoms with Crippen molar-refractivity contribution in [2.75, 3.05) is 37.7 Å². The molecular weight excluding hydrogens is 327 g/mol. The molecule has 0 bridgehead atoms. The second kappa shape index (κ2) is 8.01. The molecular formula is C18H23FN2O2S. The van der Waals surface area contributed by atoms with E-state index in [1.807, 2.05) is 22.7 Å². The molecule has 130 valence electrons. The van der Waals surface area contributed by atoms with Crippen LogP contribution in [0.2, 0.25) is 0 Å². The molecule has 2 fully saturated rings. The van der Waals surface area contributed by atoms with Gasteiger partial charge in [-0.3, -0.25) is 9.59 Å². The molecule has 0 unspecified atom stereocenters. The normalized spacial score (nSPS) is 21.9. The molecule has 4 nitrogen and oxygen atoms in total. The van der Waals surface area contributed by atoms with Gasteiger partial charge in [0.2, 0.25) is 11.8 Å². The molecule has 0 aliphatic carbocycles. The Morgan fingerprint density at radius 2 is 2.08 bits per heavy atom. The van der Waals surface area contributed by atoms with Crippen molar-refractivity contribution in [1.82, 2.24) is 9.80 Å². The van der Waals surface area contributed by atoms with Gasteiger partial charge in [0, 0.05) is 44.1 Å². The summed E-state index contributed by atoms with van der Waals surface area (Å²) in [5.74, 6) is 1.96. The number of hydrogen-bond acceptors (Lipinski definition) is 3. The molecule has 1 atom stereocenters. The minimum atomic E-state index is -0.256. The lowest BCUT2D eigenvalue weighted by atomic mass is 9.95. The van der Waals surface area contributed by atoms with E-state index in [1.165, 1.54) is 12.1 Å². The van der Waals surface area contributed by atoms with Crippen molar-refractivity contribution in [1.29, 1.82) is 0 Å². The number of likely N-dealkylation sites (tertiary alicyclic amines) is 1. The number of thioether (sulfide) groups is 1. The molecule has 6 heteroatoms. The number of amides is 2. The highest BCUT2D eigenvalue weighted by Crippen LogP contribution is 2.22. The fraction of sp³-hybridized carbons (Fsp3) is 0.556. The van der Waals surface area contributed by atoms with E-state index < -0.39 is 0 Å². The molecule has 1 aromatic rings. The number of halogens is 1. The summed E-state index contributed by atoms with van der Waals surface area (Å²) in [6.45, 7) is 2.67. The van der Waals surface area contributed by atoms with Gasteiger partial charge in [0.15, 0.2) is 0 Å². The molecule has 2 aliphatic heterocycles. The highest BCUT2D eigenvalue weighted by atomic mass is 32.2. The van der Waals surface area contributed by atoms with E-state index in [9.17, 15) is 14.0 Å². The molecule has 0 aromatic heterocycles. The Hall–Kier alpha value is -1.56. The Kier molecular flexibility index (Phi) is 5.76. The van der Waals surface area contributed by atoms with Crippen molar-refractivity contribution in [3.05, 3.63) is 35.6 Å². The minimum Gasteiger partial charge on any atom is -0.342 e. The number of carbonyl (C=O) groups is 2. The smallest absolute Gasteiger partial charge is 0.227 e. The van der Waals surface area contributed by atoms with Gasteiger partial charge in [0.1, 0.15) is 5.82 Å². The van der Waals surface area contributed by atoms with E-state index in [0.29, 0.717) is 32.4 Å². The number of rotatable bonds is 4. The maximum atomic E-state index is 13.3. The van der Waals surface area contributed by atoms with Gasteiger partial charge in [0.05, 0.1) is 5.92 Å². The second-order valence-corrected chi connectivity index (χ2v) is 7.62. The molecule has 2 amide bonds. The van der Waals surface area contributed by atoms with Crippen molar-refractivity contribution in [3.63, 3.8) is 0 Å². The summed E-state index contributed by atoms with van der Waals surface area (Å²) in [5, 5.41) is 0. The van der Waals surface area contributed by atoms with E-state index in [4.69, 9.17) is 0 Å². The van der Waals surface area contributed by atoms with Crippen LogP contribution in [0.25, 0.3) is 0 Å². The summed E-state index contributed by atoms with van der Waals surface area (Å²) in [7, 11) is 0. The van der Waals surface area contributed by atoms with Crippen molar-refractivity contribution in [3.8, 4) is 0 Å². The molecule has 2 saturated heterocycles. The third-order valence-corrected chi connectivity index (χ3v) is 5.67. The standard InChI is InChI=1S/C18H23FN2O2S/c19-16-3-1-2-14(12-16)6-7-21-13-15(4-5-17(21)22)18(23)20-8-10-24-11-9-20/h1-3,12,15H,4-11,13H2/t15-/m1/s1. The van der Waals surface area contributed by atoms with E-state index in [-0.39, 0.29) is 23.5 Å². The number of benzene rings is 1. The maximum absolute atomic E-state index is 13.3. The van der Waals surface area contributed by atoms with Gasteiger partial charge >= 0.3 is 0 Å². The average molecular weight is 350 g/mol. The highest BCUT2D eigenvalue weighted by molar-refractivity contribution is 7.99. The first kappa shape index (κ1) is 17.3. The third kappa shape index (κ3) is 4.29. The van der Waals surface area contributed by atoms with Crippen molar-refractivity contribution < 1.29 is 14.0 Å². The predicted molar refractivity (Wildman–Crippen MR) is 93.3 cm³/mol. The molecule has 0 N–H and O–H groups in total. The zero-order valence-electron chi connectivity index (χ0n) is 13.7. The van der Waals surface area contributed by atoms with Crippen LogP contribution in [0.15, 0.2) is 24.3 Å². The predicted octanol–water partition coefficient (Wildman–Crippen LogP) is 2.18. The molecule has 3 rings (SSSR count). The zero-order chi connectivity index (χ0) is 16.9.